The quantitative estimate of drug-likeness (QED) is 0.224. The molecule has 2 heterocycles. The molecule has 0 amide bonds. The van der Waals surface area contributed by atoms with E-state index in [0.29, 0.717) is 30.6 Å². The maximum atomic E-state index is 11.3. The van der Waals surface area contributed by atoms with E-state index in [2.05, 4.69) is 53.2 Å². The van der Waals surface area contributed by atoms with Crippen LogP contribution in [0, 0.1) is 17.4 Å². The summed E-state index contributed by atoms with van der Waals surface area (Å²) in [6, 6.07) is 0. The number of nitrogens with two attached hydrogens (primary N) is 2. The fourth-order valence-electron chi connectivity index (χ4n) is 2.31. The minimum absolute atomic E-state index is 0. The lowest BCUT2D eigenvalue weighted by molar-refractivity contribution is -0.137. The second kappa shape index (κ2) is 14.6. The van der Waals surface area contributed by atoms with E-state index in [1.54, 1.807) is 13.0 Å². The first-order valence-electron chi connectivity index (χ1n) is 9.49. The predicted octanol–water partition coefficient (Wildman–Crippen LogP) is 3.20. The summed E-state index contributed by atoms with van der Waals surface area (Å²) in [5, 5.41) is 6.20. The van der Waals surface area contributed by atoms with Crippen molar-refractivity contribution in [2.24, 2.45) is 0 Å². The molecule has 0 spiro atoms. The van der Waals surface area contributed by atoms with Gasteiger partial charge in [0.25, 0.3) is 0 Å². The lowest BCUT2D eigenvalue weighted by atomic mass is 10.2. The number of nitrogens with zero attached hydrogens (tertiary/aromatic N) is 4. The molecule has 172 valence electrons. The third-order valence-corrected chi connectivity index (χ3v) is 4.84. The van der Waals surface area contributed by atoms with Gasteiger partial charge < -0.3 is 26.8 Å². The molecule has 0 radical (unpaired) electrons. The number of anilines is 4. The average molecular weight is 565 g/mol. The van der Waals surface area contributed by atoms with E-state index < -0.39 is 5.97 Å². The summed E-state index contributed by atoms with van der Waals surface area (Å²) < 4.78 is 5.85. The summed E-state index contributed by atoms with van der Waals surface area (Å²) in [7, 11) is 0. The minimum atomic E-state index is -0.392. The number of carbonyl (C=O) groups is 1. The van der Waals surface area contributed by atoms with Crippen LogP contribution in [0.1, 0.15) is 37.7 Å². The number of nitrogen functional groups attached to an aromatic ring is 2. The number of nitrogens with one attached hydrogen (secondary N) is 2. The van der Waals surface area contributed by atoms with Gasteiger partial charge in [0.2, 0.25) is 11.9 Å². The first kappa shape index (κ1) is 28.6. The molecule has 0 bridgehead atoms. The van der Waals surface area contributed by atoms with E-state index >= 15 is 0 Å². The van der Waals surface area contributed by atoms with Gasteiger partial charge in [0.05, 0.1) is 21.6 Å². The lowest BCUT2D eigenvalue weighted by Crippen LogP contribution is -2.08. The Balaban J connectivity index is 0.000000605. The number of carbonyl (C=O) groups excluding carboxylic acids is 1. The maximum Gasteiger partial charge on any atom is 0.330 e. The Morgan fingerprint density at radius 1 is 0.968 bits per heavy atom. The van der Waals surface area contributed by atoms with Crippen LogP contribution >= 0.6 is 35.0 Å². The molecule has 0 fully saturated rings. The second-order valence-corrected chi connectivity index (χ2v) is 6.98. The lowest BCUT2D eigenvalue weighted by Gasteiger charge is -2.09. The van der Waals surface area contributed by atoms with E-state index in [1.165, 1.54) is 6.08 Å². The zero-order chi connectivity index (χ0) is 22.7. The standard InChI is InChI=1S/C12H18N4O2.C7H11IN4.ClH/c1-4-14-11-9(6-7-10(17)18-5-2)8(3)15-12(13)16-11;1-3-10-6-5(8)4(2)11-7(9)12-6;/h6-7H,4-5H2,1-3H3,(H3,13,14,15,16);3H2,1-2H3,(H3,9,10,11,12);1H/b7-6+;;. The molecule has 0 aliphatic carbocycles. The monoisotopic (exact) mass is 564 g/mol. The van der Waals surface area contributed by atoms with Gasteiger partial charge in [-0.15, -0.1) is 12.4 Å². The van der Waals surface area contributed by atoms with Crippen LogP contribution in [-0.4, -0.2) is 45.6 Å². The van der Waals surface area contributed by atoms with Gasteiger partial charge in [-0.1, -0.05) is 0 Å². The van der Waals surface area contributed by atoms with E-state index in [4.69, 9.17) is 16.2 Å². The number of aryl methyl sites for hydroxylation is 2. The molecule has 0 aliphatic rings. The van der Waals surface area contributed by atoms with Crippen LogP contribution in [0.15, 0.2) is 6.08 Å². The fourth-order valence-corrected chi connectivity index (χ4v) is 2.74. The molecule has 10 nitrogen and oxygen atoms in total. The van der Waals surface area contributed by atoms with Gasteiger partial charge in [0, 0.05) is 24.7 Å². The molecule has 2 rings (SSSR count). The average Bonchev–Trinajstić information content (AvgIpc) is 2.66. The van der Waals surface area contributed by atoms with E-state index in [1.807, 2.05) is 27.7 Å². The second-order valence-electron chi connectivity index (χ2n) is 5.91. The largest absolute Gasteiger partial charge is 0.463 e. The third-order valence-electron chi connectivity index (χ3n) is 3.55. The molecule has 0 atom stereocenters. The van der Waals surface area contributed by atoms with Crippen molar-refractivity contribution in [3.8, 4) is 0 Å². The van der Waals surface area contributed by atoms with Gasteiger partial charge in [-0.3, -0.25) is 0 Å². The molecule has 0 saturated heterocycles. The number of halogens is 2. The Morgan fingerprint density at radius 3 is 2.03 bits per heavy atom. The molecule has 0 unspecified atom stereocenters. The number of hydrogen-bond donors (Lipinski definition) is 4. The van der Waals surface area contributed by atoms with Gasteiger partial charge in [0.1, 0.15) is 11.6 Å². The Hall–Kier alpha value is -2.41. The summed E-state index contributed by atoms with van der Waals surface area (Å²) in [4.78, 5) is 27.5. The smallest absolute Gasteiger partial charge is 0.330 e. The highest BCUT2D eigenvalue weighted by Crippen LogP contribution is 2.19. The number of aromatic nitrogens is 4. The van der Waals surface area contributed by atoms with Crippen molar-refractivity contribution in [2.75, 3.05) is 41.8 Å². The zero-order valence-corrected chi connectivity index (χ0v) is 21.3. The molecule has 31 heavy (non-hydrogen) atoms. The first-order chi connectivity index (χ1) is 14.2. The van der Waals surface area contributed by atoms with Crippen molar-refractivity contribution >= 4 is 70.6 Å². The molecular weight excluding hydrogens is 535 g/mol. The van der Waals surface area contributed by atoms with Gasteiger partial charge in [-0.25, -0.2) is 14.8 Å². The van der Waals surface area contributed by atoms with Gasteiger partial charge >= 0.3 is 5.97 Å². The number of rotatable bonds is 7. The van der Waals surface area contributed by atoms with Crippen molar-refractivity contribution in [1.29, 1.82) is 0 Å². The van der Waals surface area contributed by atoms with Crippen LogP contribution < -0.4 is 22.1 Å². The molecular formula is C19H30ClIN8O2. The van der Waals surface area contributed by atoms with Crippen LogP contribution in [0.25, 0.3) is 6.08 Å². The number of esters is 1. The molecule has 12 heteroatoms. The van der Waals surface area contributed by atoms with E-state index in [-0.39, 0.29) is 18.4 Å². The Kier molecular flexibility index (Phi) is 13.4. The molecule has 0 aliphatic heterocycles. The predicted molar refractivity (Wildman–Crippen MR) is 136 cm³/mol. The van der Waals surface area contributed by atoms with Crippen LogP contribution in [0.4, 0.5) is 23.5 Å². The normalized spacial score (nSPS) is 10.0. The summed E-state index contributed by atoms with van der Waals surface area (Å²) in [6.45, 7) is 11.3. The van der Waals surface area contributed by atoms with Crippen LogP contribution in [0.5, 0.6) is 0 Å². The molecule has 0 aromatic carbocycles. The molecule has 2 aromatic heterocycles. The summed E-state index contributed by atoms with van der Waals surface area (Å²) in [5.41, 5.74) is 13.4. The van der Waals surface area contributed by atoms with Crippen molar-refractivity contribution < 1.29 is 9.53 Å². The van der Waals surface area contributed by atoms with Crippen molar-refractivity contribution in [2.45, 2.75) is 34.6 Å². The van der Waals surface area contributed by atoms with Crippen molar-refractivity contribution in [3.63, 3.8) is 0 Å². The van der Waals surface area contributed by atoms with Crippen LogP contribution in [-0.2, 0) is 9.53 Å². The minimum Gasteiger partial charge on any atom is -0.463 e. The SMILES string of the molecule is CCNc1nc(N)nc(C)c1/C=C/C(=O)OCC.CCNc1nc(N)nc(C)c1I.Cl. The van der Waals surface area contributed by atoms with Crippen LogP contribution in [0.3, 0.4) is 0 Å². The Morgan fingerprint density at radius 2 is 1.48 bits per heavy atom. The van der Waals surface area contributed by atoms with E-state index in [9.17, 15) is 4.79 Å². The fraction of sp³-hybridized carbons (Fsp3) is 0.421. The zero-order valence-electron chi connectivity index (χ0n) is 18.3. The highest BCUT2D eigenvalue weighted by Gasteiger charge is 2.08. The molecule has 2 aromatic rings. The highest BCUT2D eigenvalue weighted by atomic mass is 127. The summed E-state index contributed by atoms with van der Waals surface area (Å²) >= 11 is 2.20. The maximum absolute atomic E-state index is 11.3. The number of hydrogen-bond acceptors (Lipinski definition) is 10. The number of ether oxygens (including phenoxy) is 1. The summed E-state index contributed by atoms with van der Waals surface area (Å²) in [6.07, 6.45) is 2.98. The van der Waals surface area contributed by atoms with Gasteiger partial charge in [-0.2, -0.15) is 9.97 Å². The molecule has 6 N–H and O–H groups in total. The Bertz CT molecular complexity index is 896. The molecule has 0 saturated carbocycles. The van der Waals surface area contributed by atoms with Gasteiger partial charge in [-0.05, 0) is 63.3 Å². The highest BCUT2D eigenvalue weighted by molar-refractivity contribution is 14.1. The van der Waals surface area contributed by atoms with Crippen molar-refractivity contribution in [1.82, 2.24) is 19.9 Å². The first-order valence-corrected chi connectivity index (χ1v) is 10.6. The summed E-state index contributed by atoms with van der Waals surface area (Å²) in [5.74, 6) is 1.57. The van der Waals surface area contributed by atoms with Gasteiger partial charge in [0.15, 0.2) is 0 Å². The third kappa shape index (κ3) is 9.51. The Labute approximate surface area is 202 Å². The van der Waals surface area contributed by atoms with Crippen LogP contribution in [0.2, 0.25) is 0 Å². The topological polar surface area (TPSA) is 154 Å². The van der Waals surface area contributed by atoms with Crippen molar-refractivity contribution in [3.05, 3.63) is 26.6 Å². The van der Waals surface area contributed by atoms with E-state index in [0.717, 1.165) is 27.2 Å².